The van der Waals surface area contributed by atoms with Crippen LogP contribution in [0.3, 0.4) is 0 Å². The number of nitrogens with zero attached hydrogens (tertiary/aromatic N) is 4. The van der Waals surface area contributed by atoms with Gasteiger partial charge in [0.2, 0.25) is 11.9 Å². The number of anilines is 3. The summed E-state index contributed by atoms with van der Waals surface area (Å²) < 4.78 is 6.79. The first-order valence-electron chi connectivity index (χ1n) is 12.3. The Bertz CT molecular complexity index is 1510. The monoisotopic (exact) mass is 496 g/mol. The molecule has 1 fully saturated rings. The molecule has 2 aromatic heterocycles. The smallest absolute Gasteiger partial charge is 0.278 e. The van der Waals surface area contributed by atoms with Crippen LogP contribution in [0, 0.1) is 0 Å². The fourth-order valence-corrected chi connectivity index (χ4v) is 4.66. The predicted octanol–water partition coefficient (Wildman–Crippen LogP) is 5.10. The minimum absolute atomic E-state index is 0.0950. The first kappa shape index (κ1) is 24.2. The van der Waals surface area contributed by atoms with Gasteiger partial charge in [-0.15, -0.1) is 0 Å². The molecule has 2 heterocycles. The lowest BCUT2D eigenvalue weighted by Crippen LogP contribution is -2.28. The van der Waals surface area contributed by atoms with Crippen LogP contribution in [0.5, 0.6) is 5.75 Å². The molecule has 1 saturated carbocycles. The summed E-state index contributed by atoms with van der Waals surface area (Å²) in [5.74, 6) is 0.828. The molecule has 0 spiro atoms. The molecule has 9 heteroatoms. The standard InChI is InChI=1S/C28H28N6O3/c1-3-24(35)30-20-10-7-11-21(16-20)34-26-23(32-25(27(34)36)18-8-5-4-6-9-18)17-29-28(33-26)31-19-12-14-22(37-2)15-13-19/h3,7,10-18H,1,4-6,8-9H2,2H3,(H,30,35)(H,29,31,33). The Morgan fingerprint density at radius 2 is 1.86 bits per heavy atom. The van der Waals surface area contributed by atoms with E-state index in [1.807, 2.05) is 30.3 Å². The maximum absolute atomic E-state index is 13.9. The van der Waals surface area contributed by atoms with Gasteiger partial charge in [0.05, 0.1) is 19.0 Å². The summed E-state index contributed by atoms with van der Waals surface area (Å²) in [7, 11) is 1.61. The third-order valence-corrected chi connectivity index (χ3v) is 6.52. The van der Waals surface area contributed by atoms with Gasteiger partial charge in [-0.2, -0.15) is 4.98 Å². The van der Waals surface area contributed by atoms with E-state index in [1.165, 1.54) is 12.5 Å². The second kappa shape index (κ2) is 10.6. The lowest BCUT2D eigenvalue weighted by Gasteiger charge is -2.22. The van der Waals surface area contributed by atoms with Crippen molar-refractivity contribution in [2.24, 2.45) is 0 Å². The Kier molecular flexibility index (Phi) is 6.93. The number of hydrogen-bond acceptors (Lipinski definition) is 7. The second-order valence-electron chi connectivity index (χ2n) is 8.97. The molecule has 1 aliphatic rings. The van der Waals surface area contributed by atoms with Crippen molar-refractivity contribution in [2.75, 3.05) is 17.7 Å². The molecule has 9 nitrogen and oxygen atoms in total. The molecule has 37 heavy (non-hydrogen) atoms. The summed E-state index contributed by atoms with van der Waals surface area (Å²) in [6, 6.07) is 14.5. The number of hydrogen-bond donors (Lipinski definition) is 2. The second-order valence-corrected chi connectivity index (χ2v) is 8.97. The Morgan fingerprint density at radius 1 is 1.08 bits per heavy atom. The molecule has 1 aliphatic carbocycles. The molecular formula is C28H28N6O3. The molecule has 2 aromatic carbocycles. The number of amides is 1. The number of carbonyl (C=O) groups excluding carboxylic acids is 1. The topological polar surface area (TPSA) is 111 Å². The van der Waals surface area contributed by atoms with Crippen LogP contribution in [0.1, 0.15) is 43.7 Å². The van der Waals surface area contributed by atoms with Gasteiger partial charge in [0.25, 0.3) is 5.56 Å². The van der Waals surface area contributed by atoms with Crippen molar-refractivity contribution < 1.29 is 9.53 Å². The third-order valence-electron chi connectivity index (χ3n) is 6.52. The summed E-state index contributed by atoms with van der Waals surface area (Å²) in [5, 5.41) is 5.94. The SMILES string of the molecule is C=CC(=O)Nc1cccc(-n2c(=O)c(C3CCCCC3)nc3cnc(Nc4ccc(OC)cc4)nc32)c1. The van der Waals surface area contributed by atoms with E-state index in [-0.39, 0.29) is 17.4 Å². The summed E-state index contributed by atoms with van der Waals surface area (Å²) in [4.78, 5) is 39.7. The van der Waals surface area contributed by atoms with Crippen molar-refractivity contribution in [3.63, 3.8) is 0 Å². The van der Waals surface area contributed by atoms with Crippen LogP contribution in [0.4, 0.5) is 17.3 Å². The maximum Gasteiger partial charge on any atom is 0.278 e. The van der Waals surface area contributed by atoms with Gasteiger partial charge >= 0.3 is 0 Å². The Balaban J connectivity index is 1.64. The van der Waals surface area contributed by atoms with Crippen molar-refractivity contribution in [3.05, 3.63) is 83.4 Å². The Labute approximate surface area is 214 Å². The predicted molar refractivity (Wildman–Crippen MR) is 144 cm³/mol. The van der Waals surface area contributed by atoms with E-state index in [1.54, 1.807) is 36.1 Å². The average Bonchev–Trinajstić information content (AvgIpc) is 2.93. The van der Waals surface area contributed by atoms with E-state index in [9.17, 15) is 9.59 Å². The molecule has 1 amide bonds. The van der Waals surface area contributed by atoms with Gasteiger partial charge in [0, 0.05) is 17.3 Å². The fourth-order valence-electron chi connectivity index (χ4n) is 4.66. The van der Waals surface area contributed by atoms with Gasteiger partial charge in [-0.1, -0.05) is 31.9 Å². The molecule has 2 N–H and O–H groups in total. The number of carbonyl (C=O) groups is 1. The van der Waals surface area contributed by atoms with Gasteiger partial charge in [-0.05, 0) is 61.4 Å². The number of benzene rings is 2. The highest BCUT2D eigenvalue weighted by Gasteiger charge is 2.24. The number of methoxy groups -OCH3 is 1. The highest BCUT2D eigenvalue weighted by Crippen LogP contribution is 2.31. The van der Waals surface area contributed by atoms with E-state index < -0.39 is 0 Å². The van der Waals surface area contributed by atoms with Crippen LogP contribution in [-0.4, -0.2) is 32.5 Å². The van der Waals surface area contributed by atoms with Crippen molar-refractivity contribution in [2.45, 2.75) is 38.0 Å². The van der Waals surface area contributed by atoms with Crippen LogP contribution < -0.4 is 20.9 Å². The van der Waals surface area contributed by atoms with Gasteiger partial charge < -0.3 is 15.4 Å². The number of fused-ring (bicyclic) bond motifs is 1. The molecule has 0 unspecified atom stereocenters. The largest absolute Gasteiger partial charge is 0.497 e. The minimum atomic E-state index is -0.333. The van der Waals surface area contributed by atoms with Gasteiger partial charge in [0.15, 0.2) is 5.65 Å². The lowest BCUT2D eigenvalue weighted by molar-refractivity contribution is -0.111. The quantitative estimate of drug-likeness (QED) is 0.342. The van der Waals surface area contributed by atoms with E-state index in [4.69, 9.17) is 9.72 Å². The zero-order valence-corrected chi connectivity index (χ0v) is 20.6. The zero-order valence-electron chi connectivity index (χ0n) is 20.6. The molecular weight excluding hydrogens is 468 g/mol. The van der Waals surface area contributed by atoms with Gasteiger partial charge in [-0.3, -0.25) is 14.2 Å². The summed E-state index contributed by atoms with van der Waals surface area (Å²) in [6.07, 6.45) is 8.03. The summed E-state index contributed by atoms with van der Waals surface area (Å²) >= 11 is 0. The zero-order chi connectivity index (χ0) is 25.8. The van der Waals surface area contributed by atoms with Gasteiger partial charge in [-0.25, -0.2) is 9.97 Å². The van der Waals surface area contributed by atoms with E-state index in [0.29, 0.717) is 34.2 Å². The first-order chi connectivity index (χ1) is 18.1. The van der Waals surface area contributed by atoms with E-state index >= 15 is 0 Å². The number of aromatic nitrogens is 4. The van der Waals surface area contributed by atoms with Crippen LogP contribution in [0.15, 0.2) is 72.2 Å². The van der Waals surface area contributed by atoms with Crippen molar-refractivity contribution in [1.82, 2.24) is 19.5 Å². The molecule has 0 bridgehead atoms. The van der Waals surface area contributed by atoms with Crippen molar-refractivity contribution in [3.8, 4) is 11.4 Å². The summed E-state index contributed by atoms with van der Waals surface area (Å²) in [6.45, 7) is 3.50. The van der Waals surface area contributed by atoms with Crippen LogP contribution in [0.25, 0.3) is 16.9 Å². The highest BCUT2D eigenvalue weighted by molar-refractivity contribution is 5.99. The molecule has 0 radical (unpaired) electrons. The highest BCUT2D eigenvalue weighted by atomic mass is 16.5. The fraction of sp³-hybridized carbons (Fsp3) is 0.250. The molecule has 0 aliphatic heterocycles. The normalized spacial score (nSPS) is 13.8. The molecule has 4 aromatic rings. The molecule has 5 rings (SSSR count). The minimum Gasteiger partial charge on any atom is -0.497 e. The number of nitrogens with one attached hydrogen (secondary N) is 2. The third kappa shape index (κ3) is 5.20. The van der Waals surface area contributed by atoms with E-state index in [2.05, 4.69) is 27.2 Å². The summed E-state index contributed by atoms with van der Waals surface area (Å²) in [5.41, 5.74) is 3.13. The first-order valence-corrected chi connectivity index (χ1v) is 12.3. The van der Waals surface area contributed by atoms with Crippen LogP contribution >= 0.6 is 0 Å². The Morgan fingerprint density at radius 3 is 2.59 bits per heavy atom. The Hall–Kier alpha value is -4.53. The molecule has 0 atom stereocenters. The maximum atomic E-state index is 13.9. The van der Waals surface area contributed by atoms with E-state index in [0.717, 1.165) is 37.1 Å². The number of rotatable bonds is 7. The lowest BCUT2D eigenvalue weighted by atomic mass is 9.87. The van der Waals surface area contributed by atoms with Gasteiger partial charge in [0.1, 0.15) is 17.0 Å². The number of ether oxygens (including phenoxy) is 1. The van der Waals surface area contributed by atoms with Crippen molar-refractivity contribution in [1.29, 1.82) is 0 Å². The van der Waals surface area contributed by atoms with Crippen LogP contribution in [-0.2, 0) is 4.79 Å². The van der Waals surface area contributed by atoms with Crippen LogP contribution in [0.2, 0.25) is 0 Å². The molecule has 0 saturated heterocycles. The average molecular weight is 497 g/mol. The van der Waals surface area contributed by atoms with Crippen molar-refractivity contribution >= 4 is 34.4 Å². The molecule has 188 valence electrons.